The summed E-state index contributed by atoms with van der Waals surface area (Å²) >= 11 is 0. The first-order chi connectivity index (χ1) is 9.08. The van der Waals surface area contributed by atoms with Crippen LogP contribution >= 0.6 is 0 Å². The van der Waals surface area contributed by atoms with Crippen LogP contribution in [-0.2, 0) is 4.79 Å². The van der Waals surface area contributed by atoms with Crippen LogP contribution in [0.4, 0.5) is 8.78 Å². The standard InChI is InChI=1S/C14H15F2NO2/c15-11-6-5-10(8-12(11)16)13(18)9-17-7-3-1-2-4-14(17)19/h5-6,8H,1-4,7,9H2. The van der Waals surface area contributed by atoms with Gasteiger partial charge < -0.3 is 4.90 Å². The first kappa shape index (κ1) is 13.6. The molecule has 0 unspecified atom stereocenters. The predicted octanol–water partition coefficient (Wildman–Crippen LogP) is 2.55. The van der Waals surface area contributed by atoms with E-state index < -0.39 is 11.6 Å². The Morgan fingerprint density at radius 2 is 1.95 bits per heavy atom. The second-order valence-corrected chi connectivity index (χ2v) is 4.68. The van der Waals surface area contributed by atoms with Crippen LogP contribution in [0.1, 0.15) is 36.0 Å². The third-order valence-corrected chi connectivity index (χ3v) is 3.25. The summed E-state index contributed by atoms with van der Waals surface area (Å²) in [6, 6.07) is 3.04. The van der Waals surface area contributed by atoms with Crippen molar-refractivity contribution in [2.24, 2.45) is 0 Å². The number of Topliss-reactive ketones (excluding diaryl/α,β-unsaturated/α-hetero) is 1. The van der Waals surface area contributed by atoms with Gasteiger partial charge in [-0.3, -0.25) is 9.59 Å². The van der Waals surface area contributed by atoms with Gasteiger partial charge in [0, 0.05) is 18.5 Å². The third-order valence-electron chi connectivity index (χ3n) is 3.25. The zero-order valence-electron chi connectivity index (χ0n) is 10.5. The zero-order chi connectivity index (χ0) is 13.8. The first-order valence-electron chi connectivity index (χ1n) is 6.34. The Balaban J connectivity index is 2.07. The molecule has 1 saturated heterocycles. The number of hydrogen-bond donors (Lipinski definition) is 0. The summed E-state index contributed by atoms with van der Waals surface area (Å²) in [6.07, 6.45) is 3.14. The molecule has 5 heteroatoms. The van der Waals surface area contributed by atoms with E-state index in [4.69, 9.17) is 0 Å². The van der Waals surface area contributed by atoms with Crippen molar-refractivity contribution in [2.45, 2.75) is 25.7 Å². The van der Waals surface area contributed by atoms with Crippen molar-refractivity contribution in [3.05, 3.63) is 35.4 Å². The lowest BCUT2D eigenvalue weighted by atomic mass is 10.1. The minimum atomic E-state index is -1.05. The van der Waals surface area contributed by atoms with Crippen LogP contribution in [0, 0.1) is 11.6 Å². The highest BCUT2D eigenvalue weighted by atomic mass is 19.2. The lowest BCUT2D eigenvalue weighted by molar-refractivity contribution is -0.130. The van der Waals surface area contributed by atoms with E-state index in [1.807, 2.05) is 0 Å². The van der Waals surface area contributed by atoms with Crippen molar-refractivity contribution in [2.75, 3.05) is 13.1 Å². The Hall–Kier alpha value is -1.78. The molecule has 102 valence electrons. The van der Waals surface area contributed by atoms with Gasteiger partial charge >= 0.3 is 0 Å². The van der Waals surface area contributed by atoms with Crippen LogP contribution in [-0.4, -0.2) is 29.7 Å². The second kappa shape index (κ2) is 5.91. The number of nitrogens with zero attached hydrogens (tertiary/aromatic N) is 1. The molecule has 0 aliphatic carbocycles. The van der Waals surface area contributed by atoms with E-state index in [9.17, 15) is 18.4 Å². The molecule has 0 aromatic heterocycles. The largest absolute Gasteiger partial charge is 0.335 e. The quantitative estimate of drug-likeness (QED) is 0.789. The molecule has 0 atom stereocenters. The topological polar surface area (TPSA) is 37.4 Å². The van der Waals surface area contributed by atoms with Gasteiger partial charge in [0.2, 0.25) is 5.91 Å². The number of likely N-dealkylation sites (tertiary alicyclic amines) is 1. The van der Waals surface area contributed by atoms with Gasteiger partial charge in [-0.15, -0.1) is 0 Å². The highest BCUT2D eigenvalue weighted by Crippen LogP contribution is 2.13. The van der Waals surface area contributed by atoms with Crippen molar-refractivity contribution < 1.29 is 18.4 Å². The minimum Gasteiger partial charge on any atom is -0.335 e. The fraction of sp³-hybridized carbons (Fsp3) is 0.429. The minimum absolute atomic E-state index is 0.0477. The monoisotopic (exact) mass is 267 g/mol. The van der Waals surface area contributed by atoms with E-state index in [0.717, 1.165) is 31.4 Å². The van der Waals surface area contributed by atoms with Gasteiger partial charge in [-0.2, -0.15) is 0 Å². The van der Waals surface area contributed by atoms with Crippen molar-refractivity contribution in [3.63, 3.8) is 0 Å². The van der Waals surface area contributed by atoms with Crippen LogP contribution in [0.25, 0.3) is 0 Å². The Morgan fingerprint density at radius 1 is 1.16 bits per heavy atom. The van der Waals surface area contributed by atoms with Crippen molar-refractivity contribution in [1.29, 1.82) is 0 Å². The maximum absolute atomic E-state index is 13.1. The molecule has 19 heavy (non-hydrogen) atoms. The SMILES string of the molecule is O=C(CN1CCCCCC1=O)c1ccc(F)c(F)c1. The molecule has 0 saturated carbocycles. The molecule has 1 aliphatic heterocycles. The number of amides is 1. The van der Waals surface area contributed by atoms with E-state index in [2.05, 4.69) is 0 Å². The van der Waals surface area contributed by atoms with Crippen molar-refractivity contribution >= 4 is 11.7 Å². The summed E-state index contributed by atoms with van der Waals surface area (Å²) in [4.78, 5) is 25.2. The van der Waals surface area contributed by atoms with Gasteiger partial charge in [0.15, 0.2) is 17.4 Å². The maximum Gasteiger partial charge on any atom is 0.222 e. The number of hydrogen-bond acceptors (Lipinski definition) is 2. The average Bonchev–Trinajstić information content (AvgIpc) is 2.58. The van der Waals surface area contributed by atoms with Gasteiger partial charge in [-0.1, -0.05) is 6.42 Å². The molecule has 2 rings (SSSR count). The summed E-state index contributed by atoms with van der Waals surface area (Å²) in [7, 11) is 0. The predicted molar refractivity (Wildman–Crippen MR) is 65.7 cm³/mol. The molecule has 0 spiro atoms. The number of halogens is 2. The van der Waals surface area contributed by atoms with Crippen LogP contribution < -0.4 is 0 Å². The molecule has 1 amide bonds. The Labute approximate surface area is 110 Å². The fourth-order valence-electron chi connectivity index (χ4n) is 2.14. The molecule has 0 N–H and O–H groups in total. The van der Waals surface area contributed by atoms with Gasteiger partial charge in [0.1, 0.15) is 0 Å². The highest BCUT2D eigenvalue weighted by Gasteiger charge is 2.20. The van der Waals surface area contributed by atoms with E-state index in [1.165, 1.54) is 11.0 Å². The molecule has 1 aromatic rings. The lowest BCUT2D eigenvalue weighted by Gasteiger charge is -2.19. The molecule has 1 aliphatic rings. The Bertz CT molecular complexity index is 502. The third kappa shape index (κ3) is 3.36. The van der Waals surface area contributed by atoms with E-state index in [1.54, 1.807) is 0 Å². The van der Waals surface area contributed by atoms with Crippen molar-refractivity contribution in [1.82, 2.24) is 4.90 Å². The smallest absolute Gasteiger partial charge is 0.222 e. The number of benzene rings is 1. The van der Waals surface area contributed by atoms with E-state index in [-0.39, 0.29) is 23.8 Å². The molecule has 1 heterocycles. The second-order valence-electron chi connectivity index (χ2n) is 4.68. The van der Waals surface area contributed by atoms with Crippen molar-refractivity contribution in [3.8, 4) is 0 Å². The maximum atomic E-state index is 13.1. The number of carbonyl (C=O) groups is 2. The normalized spacial score (nSPS) is 16.3. The molecular formula is C14H15F2NO2. The summed E-state index contributed by atoms with van der Waals surface area (Å²) in [6.45, 7) is 0.484. The molecular weight excluding hydrogens is 252 g/mol. The van der Waals surface area contributed by atoms with E-state index >= 15 is 0 Å². The lowest BCUT2D eigenvalue weighted by Crippen LogP contribution is -2.35. The first-order valence-corrected chi connectivity index (χ1v) is 6.34. The van der Waals surface area contributed by atoms with Gasteiger partial charge in [0.05, 0.1) is 6.54 Å². The molecule has 1 fully saturated rings. The average molecular weight is 267 g/mol. The van der Waals surface area contributed by atoms with Crippen LogP contribution in [0.15, 0.2) is 18.2 Å². The van der Waals surface area contributed by atoms with Crippen LogP contribution in [0.5, 0.6) is 0 Å². The Morgan fingerprint density at radius 3 is 2.68 bits per heavy atom. The molecule has 0 radical (unpaired) electrons. The number of rotatable bonds is 3. The number of carbonyl (C=O) groups excluding carboxylic acids is 2. The molecule has 3 nitrogen and oxygen atoms in total. The summed E-state index contributed by atoms with van der Waals surface area (Å²) < 4.78 is 25.8. The zero-order valence-corrected chi connectivity index (χ0v) is 10.5. The summed E-state index contributed by atoms with van der Waals surface area (Å²) in [5, 5.41) is 0. The Kier molecular flexibility index (Phi) is 4.24. The number of ketones is 1. The van der Waals surface area contributed by atoms with Gasteiger partial charge in [-0.25, -0.2) is 8.78 Å². The van der Waals surface area contributed by atoms with Crippen LogP contribution in [0.2, 0.25) is 0 Å². The molecule has 0 bridgehead atoms. The fourth-order valence-corrected chi connectivity index (χ4v) is 2.14. The summed E-state index contributed by atoms with van der Waals surface area (Å²) in [5.41, 5.74) is 0.0935. The summed E-state index contributed by atoms with van der Waals surface area (Å²) in [5.74, 6) is -2.45. The highest BCUT2D eigenvalue weighted by molar-refractivity contribution is 5.99. The van der Waals surface area contributed by atoms with Gasteiger partial charge in [0.25, 0.3) is 0 Å². The van der Waals surface area contributed by atoms with E-state index in [0.29, 0.717) is 13.0 Å². The van der Waals surface area contributed by atoms with Crippen LogP contribution in [0.3, 0.4) is 0 Å². The van der Waals surface area contributed by atoms with Gasteiger partial charge in [-0.05, 0) is 31.0 Å². The molecule has 1 aromatic carbocycles.